The summed E-state index contributed by atoms with van der Waals surface area (Å²) in [5, 5.41) is 0. The van der Waals surface area contributed by atoms with Crippen molar-refractivity contribution in [3.05, 3.63) is 135 Å². The predicted octanol–water partition coefficient (Wildman–Crippen LogP) is 8.45. The van der Waals surface area contributed by atoms with E-state index in [1.807, 2.05) is 81.3 Å². The molecule has 1 fully saturated rings. The molecule has 44 heavy (non-hydrogen) atoms. The summed E-state index contributed by atoms with van der Waals surface area (Å²) in [5.74, 6) is -0.235. The number of thiol groups is 1. The molecule has 1 aliphatic carbocycles. The summed E-state index contributed by atoms with van der Waals surface area (Å²) >= 11 is 10.0. The highest BCUT2D eigenvalue weighted by atomic mass is 79.9. The molecule has 4 aromatic rings. The second kappa shape index (κ2) is 17.7. The highest BCUT2D eigenvalue weighted by Crippen LogP contribution is 2.44. The molecular weight excluding hydrogens is 652 g/mol. The molecule has 4 N–H and O–H groups in total. The smallest absolute Gasteiger partial charge is 0.218 e. The van der Waals surface area contributed by atoms with E-state index in [4.69, 9.17) is 28.9 Å². The molecule has 232 valence electrons. The van der Waals surface area contributed by atoms with E-state index in [0.717, 1.165) is 50.2 Å². The molecule has 1 heterocycles. The van der Waals surface area contributed by atoms with E-state index in [1.165, 1.54) is 11.3 Å². The number of carbonyl (C=O) groups excluding carboxylic acids is 3. The topological polar surface area (TPSA) is 103 Å². The average molecular weight is 694 g/mol. The molecule has 0 bridgehead atoms. The minimum atomic E-state index is -0.652. The molecular formula is C36H41BrN2O3S2. The molecule has 5 rings (SSSR count). The van der Waals surface area contributed by atoms with Gasteiger partial charge in [0, 0.05) is 23.4 Å². The van der Waals surface area contributed by atoms with Gasteiger partial charge < -0.3 is 16.3 Å². The van der Waals surface area contributed by atoms with Gasteiger partial charge >= 0.3 is 0 Å². The van der Waals surface area contributed by atoms with Gasteiger partial charge in [0.05, 0.1) is 13.9 Å². The third kappa shape index (κ3) is 8.80. The summed E-state index contributed by atoms with van der Waals surface area (Å²) in [6.45, 7) is 9.79. The number of nitrogens with two attached hydrogens (primary N) is 2. The number of thiophene rings is 1. The number of hydrogen-bond donors (Lipinski definition) is 3. The second-order valence-electron chi connectivity index (χ2n) is 10.0. The maximum Gasteiger partial charge on any atom is 0.218 e. The highest BCUT2D eigenvalue weighted by Gasteiger charge is 2.43. The van der Waals surface area contributed by atoms with Crippen molar-refractivity contribution in [2.45, 2.75) is 56.1 Å². The van der Waals surface area contributed by atoms with Crippen LogP contribution in [0.25, 0.3) is 5.70 Å². The molecule has 1 amide bonds. The SMILES string of the molecule is C=C(N)c1ccc(C(S)(c2ccccc2)c2ccccc2)cc1.C=O.CC.NC(=O)C[C@]1(c2ccc(Br)s2)CCCCC1=O. The minimum Gasteiger partial charge on any atom is -0.399 e. The highest BCUT2D eigenvalue weighted by molar-refractivity contribution is 9.11. The van der Waals surface area contributed by atoms with Gasteiger partial charge in [0.2, 0.25) is 5.91 Å². The number of rotatable bonds is 7. The lowest BCUT2D eigenvalue weighted by Gasteiger charge is -2.34. The lowest BCUT2D eigenvalue weighted by atomic mass is 9.69. The Morgan fingerprint density at radius 2 is 1.36 bits per heavy atom. The summed E-state index contributed by atoms with van der Waals surface area (Å²) in [4.78, 5) is 32.5. The first-order valence-corrected chi connectivity index (χ1v) is 16.5. The molecule has 5 nitrogen and oxygen atoms in total. The Morgan fingerprint density at radius 1 is 0.864 bits per heavy atom. The zero-order valence-electron chi connectivity index (χ0n) is 25.3. The van der Waals surface area contributed by atoms with Crippen LogP contribution in [-0.2, 0) is 24.5 Å². The zero-order valence-corrected chi connectivity index (χ0v) is 28.6. The Morgan fingerprint density at radius 3 is 1.77 bits per heavy atom. The van der Waals surface area contributed by atoms with Gasteiger partial charge in [0.15, 0.2) is 0 Å². The summed E-state index contributed by atoms with van der Waals surface area (Å²) in [6.07, 6.45) is 3.34. The number of hydrogen-bond acceptors (Lipinski definition) is 6. The molecule has 0 saturated heterocycles. The molecule has 0 aliphatic heterocycles. The third-order valence-corrected chi connectivity index (χ3v) is 9.97. The van der Waals surface area contributed by atoms with Crippen LogP contribution < -0.4 is 11.5 Å². The van der Waals surface area contributed by atoms with E-state index < -0.39 is 16.1 Å². The van der Waals surface area contributed by atoms with E-state index >= 15 is 0 Å². The summed E-state index contributed by atoms with van der Waals surface area (Å²) in [7, 11) is 0. The van der Waals surface area contributed by atoms with Gasteiger partial charge in [-0.3, -0.25) is 9.59 Å². The van der Waals surface area contributed by atoms with E-state index in [9.17, 15) is 9.59 Å². The average Bonchev–Trinajstić information content (AvgIpc) is 3.51. The van der Waals surface area contributed by atoms with Gasteiger partial charge in [0.25, 0.3) is 0 Å². The number of amides is 1. The maximum atomic E-state index is 12.2. The predicted molar refractivity (Wildman–Crippen MR) is 191 cm³/mol. The van der Waals surface area contributed by atoms with Crippen LogP contribution >= 0.6 is 39.9 Å². The Hall–Kier alpha value is -3.46. The number of primary amides is 1. The van der Waals surface area contributed by atoms with Crippen LogP contribution in [0.2, 0.25) is 0 Å². The van der Waals surface area contributed by atoms with Gasteiger partial charge in [-0.05, 0) is 63.2 Å². The Kier molecular flexibility index (Phi) is 14.8. The molecule has 1 atom stereocenters. The van der Waals surface area contributed by atoms with Gasteiger partial charge in [0.1, 0.15) is 12.6 Å². The van der Waals surface area contributed by atoms with Crippen molar-refractivity contribution in [2.75, 3.05) is 0 Å². The van der Waals surface area contributed by atoms with Crippen LogP contribution in [0.15, 0.2) is 107 Å². The van der Waals surface area contributed by atoms with Crippen molar-refractivity contribution in [3.8, 4) is 0 Å². The minimum absolute atomic E-state index is 0.138. The first kappa shape index (κ1) is 36.7. The standard InChI is InChI=1S/C21H19NS.C12H14BrNO2S.C2H6.CH2O/c1-16(22)17-12-14-20(15-13-17)21(23,18-8-4-2-5-9-18)19-10-6-3-7-11-19;13-10-5-4-9(17-10)12(7-11(14)16)6-2-1-3-8(12)15;2*1-2/h2-15,23H,1,22H2;4-5H,1-3,6-7H2,(H2,14,16);1-2H3;1H2/t;12-;;/m.1../s1. The van der Waals surface area contributed by atoms with E-state index in [0.29, 0.717) is 12.1 Å². The lowest BCUT2D eigenvalue weighted by Crippen LogP contribution is -2.41. The van der Waals surface area contributed by atoms with Gasteiger partial charge in [-0.25, -0.2) is 0 Å². The first-order valence-electron chi connectivity index (χ1n) is 14.4. The van der Waals surface area contributed by atoms with Crippen molar-refractivity contribution >= 4 is 64.1 Å². The number of Topliss-reactive ketones (excluding diaryl/α,β-unsaturated/α-hetero) is 1. The van der Waals surface area contributed by atoms with Crippen LogP contribution in [0, 0.1) is 0 Å². The number of benzene rings is 3. The van der Waals surface area contributed by atoms with Crippen molar-refractivity contribution in [1.82, 2.24) is 0 Å². The van der Waals surface area contributed by atoms with Gasteiger partial charge in [-0.1, -0.05) is 112 Å². The van der Waals surface area contributed by atoms with Crippen molar-refractivity contribution in [1.29, 1.82) is 0 Å². The summed E-state index contributed by atoms with van der Waals surface area (Å²) < 4.78 is 0.464. The Balaban J connectivity index is 0.000000286. The van der Waals surface area contributed by atoms with Crippen LogP contribution in [0.3, 0.4) is 0 Å². The fraction of sp³-hybridized carbons (Fsp3) is 0.250. The molecule has 8 heteroatoms. The van der Waals surface area contributed by atoms with Crippen LogP contribution in [0.5, 0.6) is 0 Å². The Bertz CT molecular complexity index is 1450. The molecule has 1 aliphatic rings. The zero-order chi connectivity index (χ0) is 32.8. The lowest BCUT2D eigenvalue weighted by molar-refractivity contribution is -0.131. The van der Waals surface area contributed by atoms with Crippen molar-refractivity contribution in [2.24, 2.45) is 11.5 Å². The molecule has 3 aromatic carbocycles. The third-order valence-electron chi connectivity index (χ3n) is 7.37. The van der Waals surface area contributed by atoms with Crippen LogP contribution in [0.1, 0.15) is 73.1 Å². The second-order valence-corrected chi connectivity index (χ2v) is 13.1. The Labute approximate surface area is 279 Å². The van der Waals surface area contributed by atoms with Gasteiger partial charge in [-0.15, -0.1) is 11.3 Å². The normalized spacial score (nSPS) is 15.7. The van der Waals surface area contributed by atoms with E-state index in [-0.39, 0.29) is 12.2 Å². The van der Waals surface area contributed by atoms with Crippen molar-refractivity contribution in [3.63, 3.8) is 0 Å². The number of ketones is 1. The fourth-order valence-corrected chi connectivity index (χ4v) is 7.35. The molecule has 0 spiro atoms. The molecule has 1 aromatic heterocycles. The fourth-order valence-electron chi connectivity index (χ4n) is 5.28. The van der Waals surface area contributed by atoms with E-state index in [1.54, 1.807) is 0 Å². The van der Waals surface area contributed by atoms with Crippen LogP contribution in [-0.4, -0.2) is 18.5 Å². The largest absolute Gasteiger partial charge is 0.399 e. The van der Waals surface area contributed by atoms with Gasteiger partial charge in [-0.2, -0.15) is 12.6 Å². The van der Waals surface area contributed by atoms with Crippen molar-refractivity contribution < 1.29 is 14.4 Å². The quantitative estimate of drug-likeness (QED) is 0.134. The monoisotopic (exact) mass is 692 g/mol. The van der Waals surface area contributed by atoms with E-state index in [2.05, 4.69) is 58.9 Å². The summed E-state index contributed by atoms with van der Waals surface area (Å²) in [5.41, 5.74) is 15.3. The number of carbonyl (C=O) groups is 3. The summed E-state index contributed by atoms with van der Waals surface area (Å²) in [6, 6.07) is 32.6. The molecule has 1 saturated carbocycles. The molecule has 0 radical (unpaired) electrons. The molecule has 0 unspecified atom stereocenters. The maximum absolute atomic E-state index is 12.2. The number of halogens is 1. The van der Waals surface area contributed by atoms with Crippen LogP contribution in [0.4, 0.5) is 0 Å². The first-order chi connectivity index (χ1) is 21.2.